The number of halogens is 3. The van der Waals surface area contributed by atoms with E-state index in [1.54, 1.807) is 24.3 Å². The van der Waals surface area contributed by atoms with Crippen molar-refractivity contribution in [1.82, 2.24) is 0 Å². The van der Waals surface area contributed by atoms with E-state index in [-0.39, 0.29) is 0 Å². The average Bonchev–Trinajstić information content (AvgIpc) is 2.28. The van der Waals surface area contributed by atoms with Gasteiger partial charge in [0.2, 0.25) is 5.39 Å². The summed E-state index contributed by atoms with van der Waals surface area (Å²) >= 11 is 0. The largest absolute Gasteiger partial charge is 0.542 e. The van der Waals surface area contributed by atoms with Crippen LogP contribution in [0.3, 0.4) is 0 Å². The predicted molar refractivity (Wildman–Crippen MR) is 47.0 cm³/mol. The summed E-state index contributed by atoms with van der Waals surface area (Å²) in [6.45, 7) is 0. The first-order valence-electron chi connectivity index (χ1n) is 3.94. The maximum absolute atomic E-state index is 10.5. The average molecular weight is 243 g/mol. The van der Waals surface area contributed by atoms with Crippen molar-refractivity contribution in [3.05, 3.63) is 34.8 Å². The molecule has 0 radical (unpaired) electrons. The normalized spacial score (nSPS) is 9.24. The van der Waals surface area contributed by atoms with Gasteiger partial charge in [-0.05, 0) is 12.1 Å². The van der Waals surface area contributed by atoms with Crippen LogP contribution < -0.4 is 5.11 Å². The lowest BCUT2D eigenvalue weighted by molar-refractivity contribution is -0.344. The molecule has 1 rings (SSSR count). The Morgan fingerprint density at radius 1 is 1.29 bits per heavy atom. The van der Waals surface area contributed by atoms with Crippen LogP contribution in [0.15, 0.2) is 24.3 Å². The zero-order valence-electron chi connectivity index (χ0n) is 8.10. The molecule has 5 nitrogen and oxygen atoms in total. The van der Waals surface area contributed by atoms with Crippen molar-refractivity contribution in [1.29, 1.82) is 10.7 Å². The van der Waals surface area contributed by atoms with Crippen LogP contribution in [0.1, 0.15) is 5.56 Å². The summed E-state index contributed by atoms with van der Waals surface area (Å²) in [5.74, 6) is -3.01. The highest BCUT2D eigenvalue weighted by atomic mass is 19.4. The summed E-state index contributed by atoms with van der Waals surface area (Å²) in [6, 6.07) is 8.28. The molecular formula is C9H4F3N3O2. The van der Waals surface area contributed by atoms with Crippen molar-refractivity contribution in [2.24, 2.45) is 0 Å². The van der Waals surface area contributed by atoms with Crippen molar-refractivity contribution in [2.45, 2.75) is 6.18 Å². The second kappa shape index (κ2) is 6.08. The van der Waals surface area contributed by atoms with Gasteiger partial charge in [-0.1, -0.05) is 0 Å². The van der Waals surface area contributed by atoms with Crippen LogP contribution in [-0.4, -0.2) is 12.1 Å². The number of nitriles is 1. The minimum Gasteiger partial charge on any atom is -0.542 e. The number of carboxylic acid groups (broad SMARTS) is 1. The number of alkyl halides is 3. The Morgan fingerprint density at radius 2 is 1.71 bits per heavy atom. The zero-order chi connectivity index (χ0) is 13.5. The maximum atomic E-state index is 10.5. The number of rotatable bonds is 0. The lowest BCUT2D eigenvalue weighted by Gasteiger charge is -2.03. The Kier molecular flexibility index (Phi) is 5.14. The van der Waals surface area contributed by atoms with Crippen LogP contribution in [0.2, 0.25) is 0 Å². The Hall–Kier alpha value is -2.61. The third kappa shape index (κ3) is 5.74. The Morgan fingerprint density at radius 3 is 1.94 bits per heavy atom. The van der Waals surface area contributed by atoms with Crippen LogP contribution in [0.5, 0.6) is 0 Å². The molecule has 0 aliphatic heterocycles. The van der Waals surface area contributed by atoms with Gasteiger partial charge < -0.3 is 9.90 Å². The van der Waals surface area contributed by atoms with Gasteiger partial charge in [0, 0.05) is 12.1 Å². The minimum atomic E-state index is -5.19. The number of aliphatic carboxylic acids is 1. The van der Waals surface area contributed by atoms with E-state index in [1.165, 1.54) is 0 Å². The lowest BCUT2D eigenvalue weighted by atomic mass is 10.2. The quantitative estimate of drug-likeness (QED) is 0.642. The first-order valence-corrected chi connectivity index (χ1v) is 3.94. The van der Waals surface area contributed by atoms with Gasteiger partial charge in [0.25, 0.3) is 0 Å². The van der Waals surface area contributed by atoms with Gasteiger partial charge in [0.1, 0.15) is 5.97 Å². The molecule has 0 aliphatic rings. The van der Waals surface area contributed by atoms with E-state index in [4.69, 9.17) is 20.6 Å². The van der Waals surface area contributed by atoms with Crippen LogP contribution in [0.25, 0.3) is 4.98 Å². The second-order valence-electron chi connectivity index (χ2n) is 2.54. The number of carbonyl (C=O) groups excluding carboxylic acids is 1. The molecular weight excluding hydrogens is 239 g/mol. The summed E-state index contributed by atoms with van der Waals surface area (Å²) in [4.78, 5) is 11.7. The van der Waals surface area contributed by atoms with Crippen LogP contribution in [0.4, 0.5) is 18.9 Å². The monoisotopic (exact) mass is 243 g/mol. The molecule has 1 aromatic carbocycles. The minimum absolute atomic E-state index is 0.457. The van der Waals surface area contributed by atoms with Crippen molar-refractivity contribution in [3.8, 4) is 6.07 Å². The predicted octanol–water partition coefficient (Wildman–Crippen LogP) is 1.34. The van der Waals surface area contributed by atoms with Gasteiger partial charge in [-0.25, -0.2) is 0 Å². The van der Waals surface area contributed by atoms with E-state index >= 15 is 0 Å². The fourth-order valence-electron chi connectivity index (χ4n) is 0.603. The third-order valence-electron chi connectivity index (χ3n) is 1.34. The molecule has 0 fully saturated rings. The van der Waals surface area contributed by atoms with Gasteiger partial charge in [0.15, 0.2) is 4.98 Å². The summed E-state index contributed by atoms with van der Waals surface area (Å²) in [7, 11) is 0. The van der Waals surface area contributed by atoms with Gasteiger partial charge in [-0.15, -0.1) is 0 Å². The van der Waals surface area contributed by atoms with Gasteiger partial charge in [-0.2, -0.15) is 18.4 Å². The number of hydrogen-bond acceptors (Lipinski definition) is 4. The fourth-order valence-corrected chi connectivity index (χ4v) is 0.603. The molecule has 8 heteroatoms. The number of nitrogens with zero attached hydrogens (tertiary/aromatic N) is 3. The molecule has 88 valence electrons. The molecule has 0 saturated heterocycles. The highest BCUT2D eigenvalue weighted by molar-refractivity contribution is 5.70. The molecule has 0 aliphatic carbocycles. The van der Waals surface area contributed by atoms with Crippen LogP contribution >= 0.6 is 0 Å². The molecule has 0 atom stereocenters. The molecule has 0 aromatic heterocycles. The van der Waals surface area contributed by atoms with Crippen LogP contribution in [-0.2, 0) is 4.79 Å². The molecule has 17 heavy (non-hydrogen) atoms. The maximum Gasteiger partial charge on any atom is 0.430 e. The van der Waals surface area contributed by atoms with Crippen molar-refractivity contribution in [3.63, 3.8) is 0 Å². The molecule has 0 amide bonds. The number of hydrogen-bond donors (Lipinski definition) is 0. The standard InChI is InChI=1S/C7H4N3.C2HF3O2/c8-5-6-1-3-7(10-9)4-2-6;3-2(4,5)1(6)7/h1-4H;(H,6,7)/q+1;/p-1. The Bertz CT molecular complexity index is 435. The van der Waals surface area contributed by atoms with Gasteiger partial charge in [-0.3, -0.25) is 0 Å². The molecule has 0 N–H and O–H groups in total. The first-order chi connectivity index (χ1) is 7.81. The Labute approximate surface area is 93.3 Å². The van der Waals surface area contributed by atoms with E-state index in [0.717, 1.165) is 0 Å². The molecule has 0 heterocycles. The molecule has 0 saturated carbocycles. The Balaban J connectivity index is 0.000000325. The highest BCUT2D eigenvalue weighted by Gasteiger charge is 2.28. The van der Waals surface area contributed by atoms with Crippen molar-refractivity contribution in [2.75, 3.05) is 0 Å². The summed E-state index contributed by atoms with van der Waals surface area (Å²) < 4.78 is 31.5. The van der Waals surface area contributed by atoms with E-state index in [2.05, 4.69) is 4.98 Å². The smallest absolute Gasteiger partial charge is 0.430 e. The van der Waals surface area contributed by atoms with Gasteiger partial charge in [0.05, 0.1) is 11.6 Å². The van der Waals surface area contributed by atoms with Crippen molar-refractivity contribution < 1.29 is 23.1 Å². The number of carbonyl (C=O) groups is 1. The van der Waals surface area contributed by atoms with E-state index in [1.807, 2.05) is 6.07 Å². The number of diazo groups is 1. The van der Waals surface area contributed by atoms with E-state index < -0.39 is 12.1 Å². The second-order valence-corrected chi connectivity index (χ2v) is 2.54. The fraction of sp³-hybridized carbons (Fsp3) is 0.111. The molecule has 0 spiro atoms. The van der Waals surface area contributed by atoms with Crippen LogP contribution in [0, 0.1) is 16.7 Å². The first kappa shape index (κ1) is 14.4. The highest BCUT2D eigenvalue weighted by Crippen LogP contribution is 2.11. The topological polar surface area (TPSA) is 92.1 Å². The number of benzene rings is 1. The van der Waals surface area contributed by atoms with E-state index in [9.17, 15) is 13.2 Å². The summed E-state index contributed by atoms with van der Waals surface area (Å²) in [5.41, 5.74) is 1.02. The summed E-state index contributed by atoms with van der Waals surface area (Å²) in [5, 5.41) is 25.4. The summed E-state index contributed by atoms with van der Waals surface area (Å²) in [6.07, 6.45) is -5.19. The zero-order valence-corrected chi connectivity index (χ0v) is 8.10. The lowest BCUT2D eigenvalue weighted by Crippen LogP contribution is -2.37. The third-order valence-corrected chi connectivity index (χ3v) is 1.34. The molecule has 0 bridgehead atoms. The number of carboxylic acids is 1. The molecule has 0 unspecified atom stereocenters. The van der Waals surface area contributed by atoms with Crippen molar-refractivity contribution >= 4 is 11.7 Å². The van der Waals surface area contributed by atoms with Gasteiger partial charge >= 0.3 is 11.9 Å². The molecule has 1 aromatic rings. The van der Waals surface area contributed by atoms with E-state index in [0.29, 0.717) is 11.3 Å². The SMILES string of the molecule is N#Cc1ccc([N+]#N)cc1.O=C([O-])C(F)(F)F.